The molecule has 0 unspecified atom stereocenters. The monoisotopic (exact) mass is 888 g/mol. The maximum absolute atomic E-state index is 5.99. The largest absolute Gasteiger partial charge is 1.00 e. The molecule has 7 heteroatoms. The van der Waals surface area contributed by atoms with E-state index < -0.39 is 0 Å². The van der Waals surface area contributed by atoms with Crippen LogP contribution in [0.1, 0.15) is 108 Å². The fourth-order valence-corrected chi connectivity index (χ4v) is 7.96. The van der Waals surface area contributed by atoms with Crippen LogP contribution in [-0.2, 0) is 65.0 Å². The number of halogens is 6. The topological polar surface area (TPSA) is 0 Å². The molecule has 0 atom stereocenters. The molecule has 276 valence electrons. The Balaban J connectivity index is 0.000000307. The van der Waals surface area contributed by atoms with Gasteiger partial charge in [-0.3, -0.25) is 0 Å². The zero-order chi connectivity index (χ0) is 36.8. The Bertz CT molecular complexity index is 1740. The van der Waals surface area contributed by atoms with E-state index in [1.807, 2.05) is 42.5 Å². The molecule has 52 heavy (non-hydrogen) atoms. The minimum atomic E-state index is 0. The Morgan fingerprint density at radius 3 is 1.42 bits per heavy atom. The second-order valence-corrected chi connectivity index (χ2v) is 17.4. The minimum absolute atomic E-state index is 0. The normalized spacial score (nSPS) is 11.5. The van der Waals surface area contributed by atoms with Gasteiger partial charge >= 0.3 is 167 Å². The summed E-state index contributed by atoms with van der Waals surface area (Å²) in [5.74, 6) is 1.93. The van der Waals surface area contributed by atoms with Gasteiger partial charge in [-0.15, -0.1) is 16.7 Å². The predicted molar refractivity (Wildman–Crippen MR) is 217 cm³/mol. The first-order valence-electron chi connectivity index (χ1n) is 17.1. The van der Waals surface area contributed by atoms with E-state index in [0.717, 1.165) is 28.7 Å². The van der Waals surface area contributed by atoms with Crippen molar-refractivity contribution < 1.29 is 49.0 Å². The van der Waals surface area contributed by atoms with Gasteiger partial charge in [0.15, 0.2) is 0 Å². The average molecular weight is 893 g/mol. The molecule has 0 fully saturated rings. The zero-order valence-electron chi connectivity index (χ0n) is 31.4. The molecule has 0 aromatic heterocycles. The van der Waals surface area contributed by atoms with Crippen LogP contribution in [0.3, 0.4) is 0 Å². The van der Waals surface area contributed by atoms with Gasteiger partial charge in [-0.25, -0.2) is 12.1 Å². The van der Waals surface area contributed by atoms with Crippen molar-refractivity contribution in [2.24, 2.45) is 0 Å². The number of rotatable bonds is 6. The first kappa shape index (κ1) is 46.9. The Hall–Kier alpha value is -1.28. The molecule has 1 aliphatic carbocycles. The van der Waals surface area contributed by atoms with Crippen LogP contribution >= 0.6 is 46.4 Å². The minimum Gasteiger partial charge on any atom is -1.00 e. The Labute approximate surface area is 360 Å². The molecule has 5 aromatic rings. The van der Waals surface area contributed by atoms with Gasteiger partial charge in [-0.2, -0.15) is 35.9 Å². The van der Waals surface area contributed by atoms with Crippen LogP contribution in [-0.4, -0.2) is 3.21 Å². The standard InChI is InChI=1S/C23H29.C17H14Cl4.C5H5.2ClH.Zr/c1-14-9-16-11-17-10-15(2)21(23(6,7)8)13-19(17)18(16)12-20(14)22(3,4)5;18-8-14-2-12(3-15(6-14)9-19)1-13-4-16(10-20)7-17(5-13)11-21;1-2-4-5-3-1;;;/h9,12-13H,11H2,1-8H3;2-7H,8-11H2;1-5H;2*1H;/q-1;;-1;;;+2/p-2. The third kappa shape index (κ3) is 12.1. The molecule has 1 aliphatic rings. The molecule has 0 spiro atoms. The van der Waals surface area contributed by atoms with E-state index in [2.05, 4.69) is 104 Å². The molecule has 6 rings (SSSR count). The molecule has 0 saturated carbocycles. The summed E-state index contributed by atoms with van der Waals surface area (Å²) in [6.07, 6.45) is 1.03. The summed E-state index contributed by atoms with van der Waals surface area (Å²) in [5, 5.41) is 0. The van der Waals surface area contributed by atoms with Crippen LogP contribution in [0.2, 0.25) is 0 Å². The van der Waals surface area contributed by atoms with Crippen molar-refractivity contribution >= 4 is 49.6 Å². The third-order valence-corrected chi connectivity index (χ3v) is 11.6. The fraction of sp³-hybridized carbons (Fsp3) is 0.333. The summed E-state index contributed by atoms with van der Waals surface area (Å²) in [7, 11) is 0. The molecule has 0 bridgehead atoms. The van der Waals surface area contributed by atoms with Crippen molar-refractivity contribution in [2.45, 2.75) is 96.2 Å². The molecule has 0 N–H and O–H groups in total. The molecule has 0 nitrogen and oxygen atoms in total. The summed E-state index contributed by atoms with van der Waals surface area (Å²) in [4.78, 5) is 0. The van der Waals surface area contributed by atoms with E-state index in [-0.39, 0.29) is 35.6 Å². The number of alkyl halides is 4. The van der Waals surface area contributed by atoms with Crippen molar-refractivity contribution in [3.63, 3.8) is 0 Å². The van der Waals surface area contributed by atoms with Crippen molar-refractivity contribution in [1.29, 1.82) is 0 Å². The van der Waals surface area contributed by atoms with Crippen LogP contribution in [0.4, 0.5) is 0 Å². The van der Waals surface area contributed by atoms with Crippen LogP contribution in [0.5, 0.6) is 0 Å². The van der Waals surface area contributed by atoms with Gasteiger partial charge in [0.05, 0.1) is 0 Å². The van der Waals surface area contributed by atoms with E-state index >= 15 is 0 Å². The van der Waals surface area contributed by atoms with Crippen molar-refractivity contribution in [3.8, 4) is 11.1 Å². The molecule has 0 saturated heterocycles. The number of benzene rings is 4. The number of hydrogen-bond acceptors (Lipinski definition) is 0. The number of aryl methyl sites for hydroxylation is 2. The molecule has 0 amide bonds. The Morgan fingerprint density at radius 1 is 0.635 bits per heavy atom. The van der Waals surface area contributed by atoms with E-state index in [1.54, 1.807) is 0 Å². The summed E-state index contributed by atoms with van der Waals surface area (Å²) in [6, 6.07) is 33.5. The zero-order valence-corrected chi connectivity index (χ0v) is 38.4. The van der Waals surface area contributed by atoms with E-state index in [4.69, 9.17) is 46.4 Å². The quantitative estimate of drug-likeness (QED) is 0.121. The molecule has 0 heterocycles. The van der Waals surface area contributed by atoms with Gasteiger partial charge in [-0.05, 0) is 35.4 Å². The van der Waals surface area contributed by atoms with Crippen LogP contribution in [0.15, 0.2) is 84.9 Å². The van der Waals surface area contributed by atoms with E-state index in [9.17, 15) is 0 Å². The first-order chi connectivity index (χ1) is 23.6. The van der Waals surface area contributed by atoms with Gasteiger partial charge in [-0.1, -0.05) is 71.6 Å². The predicted octanol–water partition coefficient (Wildman–Crippen LogP) is 7.44. The third-order valence-electron chi connectivity index (χ3n) is 8.94. The van der Waals surface area contributed by atoms with Gasteiger partial charge < -0.3 is 24.8 Å². The number of hydrogen-bond donors (Lipinski definition) is 0. The molecular formula is C45H48Cl6Zr-2. The number of fused-ring (bicyclic) bond motifs is 3. The fourth-order valence-electron chi connectivity index (χ4n) is 6.63. The Kier molecular flexibility index (Phi) is 18.6. The maximum atomic E-state index is 5.99. The SMILES string of the molecule is Cc1[c-]c2c(cc1C(C)(C)C)-c1cc(C(C)(C)C)c(C)cc1C2.ClCc1cc(CCl)cc([C](=[Zr+2])c2cc(CCl)cc(CCl)c2)c1.[Cl-].[Cl-].c1cc[cH-]c1. The van der Waals surface area contributed by atoms with E-state index in [0.29, 0.717) is 23.5 Å². The smallest absolute Gasteiger partial charge is 0.172 e. The summed E-state index contributed by atoms with van der Waals surface area (Å²) in [6.45, 7) is 18.2. The molecule has 0 aliphatic heterocycles. The van der Waals surface area contributed by atoms with Gasteiger partial charge in [0.1, 0.15) is 0 Å². The van der Waals surface area contributed by atoms with Crippen LogP contribution in [0, 0.1) is 19.9 Å². The maximum Gasteiger partial charge on any atom is -0.172 e. The van der Waals surface area contributed by atoms with Gasteiger partial charge in [0, 0.05) is 0 Å². The average Bonchev–Trinajstić information content (AvgIpc) is 3.77. The van der Waals surface area contributed by atoms with Gasteiger partial charge in [0.25, 0.3) is 0 Å². The molecule has 5 aromatic carbocycles. The van der Waals surface area contributed by atoms with Crippen LogP contribution in [0.25, 0.3) is 11.1 Å². The second kappa shape index (κ2) is 20.6. The van der Waals surface area contributed by atoms with Gasteiger partial charge in [0.2, 0.25) is 0 Å². The second-order valence-electron chi connectivity index (χ2n) is 15.1. The first-order valence-corrected chi connectivity index (χ1v) is 20.4. The molecule has 0 radical (unpaired) electrons. The van der Waals surface area contributed by atoms with Crippen LogP contribution < -0.4 is 24.8 Å². The molecular weight excluding hydrogens is 844 g/mol. The Morgan fingerprint density at radius 2 is 1.06 bits per heavy atom. The summed E-state index contributed by atoms with van der Waals surface area (Å²) < 4.78 is 1.25. The summed E-state index contributed by atoms with van der Waals surface area (Å²) in [5.41, 5.74) is 18.3. The van der Waals surface area contributed by atoms with Crippen molar-refractivity contribution in [3.05, 3.63) is 158 Å². The summed E-state index contributed by atoms with van der Waals surface area (Å²) >= 11 is 25.3. The van der Waals surface area contributed by atoms with Crippen molar-refractivity contribution in [1.82, 2.24) is 0 Å². The van der Waals surface area contributed by atoms with E-state index in [1.165, 1.54) is 83.1 Å². The van der Waals surface area contributed by atoms with Crippen molar-refractivity contribution in [2.75, 3.05) is 0 Å².